The van der Waals surface area contributed by atoms with Gasteiger partial charge in [-0.15, -0.1) is 0 Å². The van der Waals surface area contributed by atoms with Crippen molar-refractivity contribution in [2.24, 2.45) is 11.5 Å². The van der Waals surface area contributed by atoms with Crippen molar-refractivity contribution < 1.29 is 29.0 Å². The molecule has 0 aromatic heterocycles. The Balaban J connectivity index is 4.42. The molecule has 0 rings (SSSR count). The molecular formula is C14H24N4O6. The van der Waals surface area contributed by atoms with E-state index in [0.29, 0.717) is 25.8 Å². The highest BCUT2D eigenvalue weighted by atomic mass is 16.5. The van der Waals surface area contributed by atoms with E-state index in [-0.39, 0.29) is 6.54 Å². The van der Waals surface area contributed by atoms with Crippen LogP contribution >= 0.6 is 0 Å². The van der Waals surface area contributed by atoms with E-state index in [1.54, 1.807) is 0 Å². The lowest BCUT2D eigenvalue weighted by Crippen LogP contribution is -2.52. The average Bonchev–Trinajstić information content (AvgIpc) is 2.55. The van der Waals surface area contributed by atoms with Crippen LogP contribution in [0.25, 0.3) is 0 Å². The number of carboxylic acid groups (broad SMARTS) is 1. The Morgan fingerprint density at radius 3 is 2.42 bits per heavy atom. The Kier molecular flexibility index (Phi) is 10.8. The normalized spacial score (nSPS) is 13.1. The van der Waals surface area contributed by atoms with Gasteiger partial charge in [0.05, 0.1) is 13.2 Å². The Morgan fingerprint density at radius 1 is 1.21 bits per heavy atom. The average molecular weight is 344 g/mol. The van der Waals surface area contributed by atoms with E-state index in [4.69, 9.17) is 16.6 Å². The fourth-order valence-electron chi connectivity index (χ4n) is 1.59. The third-order valence-corrected chi connectivity index (χ3v) is 2.97. The van der Waals surface area contributed by atoms with Crippen LogP contribution in [0.3, 0.4) is 0 Å². The molecule has 0 aliphatic rings. The molecule has 1 unspecified atom stereocenters. The van der Waals surface area contributed by atoms with Gasteiger partial charge >= 0.3 is 11.9 Å². The largest absolute Gasteiger partial charge is 0.480 e. The van der Waals surface area contributed by atoms with Crippen molar-refractivity contribution in [2.75, 3.05) is 20.2 Å². The zero-order chi connectivity index (χ0) is 18.5. The van der Waals surface area contributed by atoms with Gasteiger partial charge in [-0.25, -0.2) is 9.59 Å². The summed E-state index contributed by atoms with van der Waals surface area (Å²) in [6, 6.07) is -2.19. The van der Waals surface area contributed by atoms with Crippen molar-refractivity contribution in [3.8, 4) is 0 Å². The van der Waals surface area contributed by atoms with E-state index < -0.39 is 35.8 Å². The molecule has 2 amide bonds. The molecule has 0 aliphatic heterocycles. The van der Waals surface area contributed by atoms with Gasteiger partial charge in [0.2, 0.25) is 11.8 Å². The van der Waals surface area contributed by atoms with Crippen molar-refractivity contribution >= 4 is 23.8 Å². The fraction of sp³-hybridized carbons (Fsp3) is 0.571. The predicted octanol–water partition coefficient (Wildman–Crippen LogP) is -2.14. The van der Waals surface area contributed by atoms with Gasteiger partial charge in [0.25, 0.3) is 0 Å². The minimum Gasteiger partial charge on any atom is -0.480 e. The molecule has 0 heterocycles. The number of amides is 2. The quantitative estimate of drug-likeness (QED) is 0.160. The van der Waals surface area contributed by atoms with E-state index in [1.807, 2.05) is 0 Å². The molecule has 0 fully saturated rings. The maximum Gasteiger partial charge on any atom is 0.330 e. The molecule has 2 atom stereocenters. The smallest absolute Gasteiger partial charge is 0.330 e. The summed E-state index contributed by atoms with van der Waals surface area (Å²) in [5.74, 6) is -3.38. The van der Waals surface area contributed by atoms with Crippen molar-refractivity contribution in [3.63, 3.8) is 0 Å². The fourth-order valence-corrected chi connectivity index (χ4v) is 1.59. The van der Waals surface area contributed by atoms with Gasteiger partial charge in [0.1, 0.15) is 6.04 Å². The first-order valence-corrected chi connectivity index (χ1v) is 7.34. The lowest BCUT2D eigenvalue weighted by atomic mass is 10.1. The Morgan fingerprint density at radius 2 is 1.88 bits per heavy atom. The number of ether oxygens (including phenoxy) is 1. The number of unbranched alkanes of at least 4 members (excludes halogenated alkanes) is 1. The highest BCUT2D eigenvalue weighted by molar-refractivity contribution is 5.95. The molecule has 0 bridgehead atoms. The number of carbonyl (C=O) groups excluding carboxylic acids is 3. The van der Waals surface area contributed by atoms with E-state index in [9.17, 15) is 19.2 Å². The van der Waals surface area contributed by atoms with Crippen LogP contribution in [0.5, 0.6) is 0 Å². The molecule has 0 saturated heterocycles. The van der Waals surface area contributed by atoms with Gasteiger partial charge < -0.3 is 31.9 Å². The second-order valence-corrected chi connectivity index (χ2v) is 4.89. The monoisotopic (exact) mass is 344 g/mol. The highest BCUT2D eigenvalue weighted by Gasteiger charge is 2.23. The lowest BCUT2D eigenvalue weighted by Gasteiger charge is -2.18. The maximum atomic E-state index is 11.8. The van der Waals surface area contributed by atoms with Gasteiger partial charge in [-0.3, -0.25) is 9.59 Å². The van der Waals surface area contributed by atoms with Gasteiger partial charge in [0.15, 0.2) is 0 Å². The zero-order valence-corrected chi connectivity index (χ0v) is 13.5. The number of esters is 1. The van der Waals surface area contributed by atoms with Crippen LogP contribution in [0, 0.1) is 0 Å². The lowest BCUT2D eigenvalue weighted by molar-refractivity contribution is -0.142. The van der Waals surface area contributed by atoms with Crippen molar-refractivity contribution in [1.29, 1.82) is 0 Å². The second kappa shape index (κ2) is 12.0. The van der Waals surface area contributed by atoms with E-state index in [0.717, 1.165) is 19.3 Å². The summed E-state index contributed by atoms with van der Waals surface area (Å²) < 4.78 is 4.31. The molecule has 136 valence electrons. The summed E-state index contributed by atoms with van der Waals surface area (Å²) in [6.45, 7) is 0.123. The number of nitrogens with one attached hydrogen (secondary N) is 2. The first-order valence-electron chi connectivity index (χ1n) is 7.34. The molecule has 0 radical (unpaired) electrons. The number of hydrogen-bond donors (Lipinski definition) is 5. The number of nitrogens with two attached hydrogens (primary N) is 2. The molecule has 7 N–H and O–H groups in total. The topological polar surface area (TPSA) is 174 Å². The van der Waals surface area contributed by atoms with Crippen LogP contribution in [0.4, 0.5) is 0 Å². The Hall–Kier alpha value is -2.46. The summed E-state index contributed by atoms with van der Waals surface area (Å²) in [4.78, 5) is 45.2. The van der Waals surface area contributed by atoms with E-state index in [2.05, 4.69) is 15.4 Å². The van der Waals surface area contributed by atoms with Crippen LogP contribution in [-0.2, 0) is 23.9 Å². The summed E-state index contributed by atoms with van der Waals surface area (Å²) in [6.07, 6.45) is 3.52. The highest BCUT2D eigenvalue weighted by Crippen LogP contribution is 1.98. The molecule has 0 aliphatic carbocycles. The molecule has 0 aromatic rings. The van der Waals surface area contributed by atoms with Crippen molar-refractivity contribution in [2.45, 2.75) is 31.3 Å². The molecular weight excluding hydrogens is 320 g/mol. The zero-order valence-electron chi connectivity index (χ0n) is 13.5. The van der Waals surface area contributed by atoms with E-state index >= 15 is 0 Å². The standard InChI is InChI=1S/C14H24N4O6/c1-24-12(20)6-5-11(19)17-8-10(14(22)23)18-13(21)9(16)4-2-3-7-15/h5-6,9-10H,2-4,7-8,15-16H2,1H3,(H,17,19)(H,18,21)(H,22,23)/b6-5+/t9-,10?/m0/s1. The van der Waals surface area contributed by atoms with Gasteiger partial charge in [-0.2, -0.15) is 0 Å². The third kappa shape index (κ3) is 9.54. The third-order valence-electron chi connectivity index (χ3n) is 2.97. The maximum absolute atomic E-state index is 11.8. The molecule has 0 saturated carbocycles. The number of carbonyl (C=O) groups is 4. The summed E-state index contributed by atoms with van der Waals surface area (Å²) in [5.41, 5.74) is 11.0. The van der Waals surface area contributed by atoms with Gasteiger partial charge in [-0.1, -0.05) is 6.42 Å². The number of hydrogen-bond acceptors (Lipinski definition) is 7. The second-order valence-electron chi connectivity index (χ2n) is 4.89. The number of aliphatic carboxylic acids is 1. The molecule has 10 heteroatoms. The summed E-state index contributed by atoms with van der Waals surface area (Å²) in [7, 11) is 1.15. The van der Waals surface area contributed by atoms with Gasteiger partial charge in [-0.05, 0) is 19.4 Å². The number of rotatable bonds is 11. The van der Waals surface area contributed by atoms with Crippen LogP contribution in [0.2, 0.25) is 0 Å². The van der Waals surface area contributed by atoms with Crippen LogP contribution in [0.1, 0.15) is 19.3 Å². The molecule has 0 aromatic carbocycles. The van der Waals surface area contributed by atoms with Crippen molar-refractivity contribution in [1.82, 2.24) is 10.6 Å². The molecule has 24 heavy (non-hydrogen) atoms. The Labute approximate surface area is 139 Å². The molecule has 0 spiro atoms. The number of methoxy groups -OCH3 is 1. The minimum absolute atomic E-state index is 0.360. The molecule has 10 nitrogen and oxygen atoms in total. The van der Waals surface area contributed by atoms with E-state index in [1.165, 1.54) is 0 Å². The predicted molar refractivity (Wildman–Crippen MR) is 84.6 cm³/mol. The van der Waals surface area contributed by atoms with Crippen LogP contribution in [0.15, 0.2) is 12.2 Å². The van der Waals surface area contributed by atoms with Gasteiger partial charge in [0, 0.05) is 18.7 Å². The Bertz CT molecular complexity index is 480. The summed E-state index contributed by atoms with van der Waals surface area (Å²) >= 11 is 0. The van der Waals surface area contributed by atoms with Crippen LogP contribution < -0.4 is 22.1 Å². The minimum atomic E-state index is -1.34. The first kappa shape index (κ1) is 21.5. The number of carboxylic acids is 1. The van der Waals surface area contributed by atoms with Crippen molar-refractivity contribution in [3.05, 3.63) is 12.2 Å². The SMILES string of the molecule is COC(=O)/C=C/C(=O)NCC(NC(=O)[C@@H](N)CCCCN)C(=O)O. The first-order chi connectivity index (χ1) is 11.3. The van der Waals surface area contributed by atoms with Crippen LogP contribution in [-0.4, -0.2) is 61.1 Å². The summed E-state index contributed by atoms with van der Waals surface area (Å²) in [5, 5.41) is 13.6.